The number of hydrogen-bond donors (Lipinski definition) is 2. The fourth-order valence-electron chi connectivity index (χ4n) is 3.47. The molecule has 5 rings (SSSR count). The number of aromatic nitrogens is 2. The number of hydrogen-bond acceptors (Lipinski definition) is 6. The minimum Gasteiger partial charge on any atom is -0.476 e. The largest absolute Gasteiger partial charge is 0.476 e. The van der Waals surface area contributed by atoms with Crippen molar-refractivity contribution in [2.45, 2.75) is 25.6 Å². The van der Waals surface area contributed by atoms with Crippen molar-refractivity contribution < 1.29 is 33.0 Å². The summed E-state index contributed by atoms with van der Waals surface area (Å²) < 4.78 is 33.0. The number of halogens is 2. The second-order valence-corrected chi connectivity index (χ2v) is 6.37. The molecule has 1 aromatic carbocycles. The minimum atomic E-state index is -2.95. The Labute approximate surface area is 153 Å². The van der Waals surface area contributed by atoms with Crippen LogP contribution in [0.25, 0.3) is 10.9 Å². The van der Waals surface area contributed by atoms with Gasteiger partial charge in [-0.2, -0.15) is 13.9 Å². The van der Waals surface area contributed by atoms with Crippen LogP contribution in [0.15, 0.2) is 18.2 Å². The van der Waals surface area contributed by atoms with E-state index in [1.165, 1.54) is 44.1 Å². The highest BCUT2D eigenvalue weighted by molar-refractivity contribution is 6.01. The Balaban J connectivity index is 0.000000166. The highest BCUT2D eigenvalue weighted by atomic mass is 19.3. The number of carboxylic acids is 1. The van der Waals surface area contributed by atoms with Crippen molar-refractivity contribution in [2.24, 2.45) is 5.92 Å². The van der Waals surface area contributed by atoms with Crippen molar-refractivity contribution in [3.8, 4) is 5.75 Å². The molecular formula is C17H19F2N3O5. The summed E-state index contributed by atoms with van der Waals surface area (Å²) >= 11 is 0. The molecule has 1 aromatic heterocycles. The number of rotatable bonds is 5. The standard InChI is InChI=1S/C9H6F2N2O3.C8H13NO2/c10-9(11)16-4-1-2-6-5(3-4)7(8(14)15)13-12-6;10-6-11-8-5-9-3-1-7(8)2-4-9/h1-3,9H,(H,12,13)(H,14,15);6-8H,1-5H2/t;8-/m.1/s1. The molecule has 0 saturated carbocycles. The number of carbonyl (C=O) groups excluding carboxylic acids is 1. The van der Waals surface area contributed by atoms with Gasteiger partial charge in [-0.25, -0.2) is 4.79 Å². The molecule has 0 radical (unpaired) electrons. The van der Waals surface area contributed by atoms with Gasteiger partial charge in [0.2, 0.25) is 0 Å². The Kier molecular flexibility index (Phi) is 5.84. The second kappa shape index (κ2) is 8.30. The van der Waals surface area contributed by atoms with Crippen molar-refractivity contribution >= 4 is 23.3 Å². The Morgan fingerprint density at radius 3 is 2.67 bits per heavy atom. The molecule has 8 nitrogen and oxygen atoms in total. The number of aromatic amines is 1. The molecule has 3 saturated heterocycles. The van der Waals surface area contributed by atoms with Gasteiger partial charge in [0.05, 0.1) is 5.52 Å². The number of aromatic carboxylic acids is 1. The molecule has 3 aliphatic rings. The van der Waals surface area contributed by atoms with E-state index in [-0.39, 0.29) is 22.9 Å². The summed E-state index contributed by atoms with van der Waals surface area (Å²) in [6.45, 7) is 1.00. The van der Waals surface area contributed by atoms with E-state index in [0.29, 0.717) is 17.9 Å². The summed E-state index contributed by atoms with van der Waals surface area (Å²) in [5.41, 5.74) is 0.216. The van der Waals surface area contributed by atoms with Gasteiger partial charge in [-0.3, -0.25) is 14.8 Å². The van der Waals surface area contributed by atoms with Crippen LogP contribution in [0, 0.1) is 5.92 Å². The van der Waals surface area contributed by atoms with Crippen molar-refractivity contribution in [2.75, 3.05) is 19.6 Å². The predicted molar refractivity (Wildman–Crippen MR) is 89.8 cm³/mol. The number of carboxylic acid groups (broad SMARTS) is 1. The third-order valence-corrected chi connectivity index (χ3v) is 4.79. The van der Waals surface area contributed by atoms with Gasteiger partial charge in [0.1, 0.15) is 11.9 Å². The van der Waals surface area contributed by atoms with Crippen LogP contribution in [-0.4, -0.2) is 65.0 Å². The average Bonchev–Trinajstić information content (AvgIpc) is 3.06. The number of fused-ring (bicyclic) bond motifs is 4. The van der Waals surface area contributed by atoms with E-state index in [9.17, 15) is 18.4 Å². The number of alkyl halides is 2. The molecule has 4 heterocycles. The van der Waals surface area contributed by atoms with Gasteiger partial charge < -0.3 is 14.6 Å². The summed E-state index contributed by atoms with van der Waals surface area (Å²) in [7, 11) is 0. The van der Waals surface area contributed by atoms with Gasteiger partial charge in [-0.05, 0) is 50.0 Å². The van der Waals surface area contributed by atoms with E-state index < -0.39 is 12.6 Å². The zero-order chi connectivity index (χ0) is 19.4. The molecule has 3 aliphatic heterocycles. The summed E-state index contributed by atoms with van der Waals surface area (Å²) in [6, 6.07) is 3.93. The van der Waals surface area contributed by atoms with Crippen LogP contribution in [0.4, 0.5) is 8.78 Å². The average molecular weight is 383 g/mol. The van der Waals surface area contributed by atoms with Crippen LogP contribution in [-0.2, 0) is 9.53 Å². The lowest BCUT2D eigenvalue weighted by molar-refractivity contribution is -0.143. The fraction of sp³-hybridized carbons (Fsp3) is 0.471. The maximum Gasteiger partial charge on any atom is 0.387 e. The summed E-state index contributed by atoms with van der Waals surface area (Å²) in [4.78, 5) is 23.2. The molecule has 3 fully saturated rings. The Hall–Kier alpha value is -2.75. The number of benzene rings is 1. The van der Waals surface area contributed by atoms with E-state index in [1.807, 2.05) is 0 Å². The first-order valence-electron chi connectivity index (χ1n) is 8.45. The van der Waals surface area contributed by atoms with Crippen LogP contribution in [0.1, 0.15) is 23.3 Å². The van der Waals surface area contributed by atoms with Crippen molar-refractivity contribution in [1.29, 1.82) is 0 Å². The molecule has 0 aliphatic carbocycles. The van der Waals surface area contributed by atoms with E-state index in [1.54, 1.807) is 0 Å². The maximum absolute atomic E-state index is 11.9. The molecule has 2 bridgehead atoms. The fourth-order valence-corrected chi connectivity index (χ4v) is 3.47. The van der Waals surface area contributed by atoms with Crippen molar-refractivity contribution in [3.05, 3.63) is 23.9 Å². The van der Waals surface area contributed by atoms with Gasteiger partial charge in [-0.1, -0.05) is 0 Å². The number of nitrogens with zero attached hydrogens (tertiary/aromatic N) is 2. The van der Waals surface area contributed by atoms with Crippen molar-refractivity contribution in [1.82, 2.24) is 15.1 Å². The summed E-state index contributed by atoms with van der Waals surface area (Å²) in [6.07, 6.45) is 2.60. The van der Waals surface area contributed by atoms with Crippen LogP contribution >= 0.6 is 0 Å². The summed E-state index contributed by atoms with van der Waals surface area (Å²) in [5.74, 6) is -0.697. The molecule has 2 aromatic rings. The normalized spacial score (nSPS) is 23.6. The number of nitrogens with one attached hydrogen (secondary N) is 1. The van der Waals surface area contributed by atoms with Gasteiger partial charge in [0, 0.05) is 11.9 Å². The van der Waals surface area contributed by atoms with E-state index in [4.69, 9.17) is 9.84 Å². The summed E-state index contributed by atoms with van der Waals surface area (Å²) in [5, 5.41) is 15.0. The molecular weight excluding hydrogens is 364 g/mol. The van der Waals surface area contributed by atoms with E-state index in [0.717, 1.165) is 6.54 Å². The van der Waals surface area contributed by atoms with Crippen LogP contribution < -0.4 is 4.74 Å². The third kappa shape index (κ3) is 4.51. The first-order chi connectivity index (χ1) is 13.0. The van der Waals surface area contributed by atoms with Crippen molar-refractivity contribution in [3.63, 3.8) is 0 Å². The smallest absolute Gasteiger partial charge is 0.387 e. The molecule has 146 valence electrons. The number of ether oxygens (including phenoxy) is 2. The minimum absolute atomic E-state index is 0.105. The highest BCUT2D eigenvalue weighted by Crippen LogP contribution is 2.29. The van der Waals surface area contributed by atoms with E-state index in [2.05, 4.69) is 19.8 Å². The quantitative estimate of drug-likeness (QED) is 0.762. The molecule has 10 heteroatoms. The first-order valence-corrected chi connectivity index (χ1v) is 8.45. The maximum atomic E-state index is 11.9. The molecule has 0 unspecified atom stereocenters. The molecule has 0 amide bonds. The Morgan fingerprint density at radius 2 is 2.11 bits per heavy atom. The molecule has 1 atom stereocenters. The predicted octanol–water partition coefficient (Wildman–Crippen LogP) is 2.12. The first kappa shape index (κ1) is 19.0. The number of carbonyl (C=O) groups is 2. The van der Waals surface area contributed by atoms with Crippen LogP contribution in [0.2, 0.25) is 0 Å². The zero-order valence-corrected chi connectivity index (χ0v) is 14.3. The number of H-pyrrole nitrogens is 1. The van der Waals surface area contributed by atoms with Gasteiger partial charge in [0.25, 0.3) is 6.47 Å². The number of piperidine rings is 3. The van der Waals surface area contributed by atoms with Gasteiger partial charge in [0.15, 0.2) is 5.69 Å². The lowest BCUT2D eigenvalue weighted by atomic mass is 9.86. The SMILES string of the molecule is O=C(O)c1n[nH]c2ccc(OC(F)F)cc12.O=CO[C@@H]1CN2CCC1CC2. The highest BCUT2D eigenvalue weighted by Gasteiger charge is 2.35. The zero-order valence-electron chi connectivity index (χ0n) is 14.3. The lowest BCUT2D eigenvalue weighted by Crippen LogP contribution is -2.51. The lowest BCUT2D eigenvalue weighted by Gasteiger charge is -2.43. The second-order valence-electron chi connectivity index (χ2n) is 6.37. The van der Waals surface area contributed by atoms with Crippen LogP contribution in [0.3, 0.4) is 0 Å². The molecule has 0 spiro atoms. The molecule has 2 N–H and O–H groups in total. The van der Waals surface area contributed by atoms with E-state index >= 15 is 0 Å². The molecule has 27 heavy (non-hydrogen) atoms. The Morgan fingerprint density at radius 1 is 1.37 bits per heavy atom. The third-order valence-electron chi connectivity index (χ3n) is 4.79. The Bertz CT molecular complexity index is 805. The van der Waals surface area contributed by atoms with Gasteiger partial charge in [-0.15, -0.1) is 0 Å². The topological polar surface area (TPSA) is 105 Å². The monoisotopic (exact) mass is 383 g/mol. The van der Waals surface area contributed by atoms with Crippen LogP contribution in [0.5, 0.6) is 5.75 Å². The van der Waals surface area contributed by atoms with Gasteiger partial charge >= 0.3 is 12.6 Å².